The molecule has 0 saturated heterocycles. The van der Waals surface area contributed by atoms with Crippen molar-refractivity contribution < 1.29 is 18.1 Å². The van der Waals surface area contributed by atoms with Crippen LogP contribution in [0.2, 0.25) is 0 Å². The Bertz CT molecular complexity index is 1430. The highest BCUT2D eigenvalue weighted by molar-refractivity contribution is 7.13. The number of fused-ring (bicyclic) bond motifs is 1. The molecule has 0 amide bonds. The Balaban J connectivity index is 1.74. The molecule has 0 unspecified atom stereocenters. The third-order valence-corrected chi connectivity index (χ3v) is 5.42. The Kier molecular flexibility index (Phi) is 4.72. The Labute approximate surface area is 173 Å². The molecule has 0 atom stereocenters. The zero-order valence-electron chi connectivity index (χ0n) is 15.5. The average molecular weight is 452 g/mol. The highest BCUT2D eigenvalue weighted by atomic mass is 32.1. The van der Waals surface area contributed by atoms with Crippen molar-refractivity contribution in [2.24, 2.45) is 7.05 Å². The van der Waals surface area contributed by atoms with Gasteiger partial charge in [0.05, 0.1) is 11.3 Å². The molecule has 14 heteroatoms. The van der Waals surface area contributed by atoms with Crippen LogP contribution in [0.4, 0.5) is 19.1 Å². The van der Waals surface area contributed by atoms with Crippen molar-refractivity contribution in [3.63, 3.8) is 0 Å². The Morgan fingerprint density at radius 2 is 1.87 bits per heavy atom. The van der Waals surface area contributed by atoms with Crippen LogP contribution < -0.4 is 11.2 Å². The zero-order chi connectivity index (χ0) is 22.5. The van der Waals surface area contributed by atoms with Gasteiger partial charge < -0.3 is 10.1 Å². The fraction of sp³-hybridized carbons (Fsp3) is 0.176. The average Bonchev–Trinajstić information content (AvgIpc) is 3.31. The van der Waals surface area contributed by atoms with E-state index in [-0.39, 0.29) is 17.7 Å². The molecule has 4 aromatic rings. The van der Waals surface area contributed by atoms with E-state index in [1.54, 1.807) is 5.38 Å². The lowest BCUT2D eigenvalue weighted by Gasteiger charge is -2.06. The van der Waals surface area contributed by atoms with Gasteiger partial charge >= 0.3 is 17.8 Å². The van der Waals surface area contributed by atoms with Crippen LogP contribution in [0.1, 0.15) is 11.3 Å². The van der Waals surface area contributed by atoms with Gasteiger partial charge in [-0.3, -0.25) is 14.3 Å². The van der Waals surface area contributed by atoms with Crippen LogP contribution in [-0.4, -0.2) is 29.0 Å². The second-order valence-corrected chi connectivity index (χ2v) is 7.32. The summed E-state index contributed by atoms with van der Waals surface area (Å²) in [5.74, 6) is -0.647. The van der Waals surface area contributed by atoms with Crippen molar-refractivity contribution >= 4 is 28.4 Å². The predicted octanol–water partition coefficient (Wildman–Crippen LogP) is 2.52. The first-order chi connectivity index (χ1) is 14.6. The molecule has 0 bridgehead atoms. The molecule has 0 aliphatic rings. The van der Waals surface area contributed by atoms with Gasteiger partial charge in [0.15, 0.2) is 0 Å². The van der Waals surface area contributed by atoms with Crippen molar-refractivity contribution in [2.45, 2.75) is 12.7 Å². The summed E-state index contributed by atoms with van der Waals surface area (Å²) >= 11 is 1.13. The smallest absolute Gasteiger partial charge is 0.390 e. The molecule has 160 valence electrons. The number of alkyl halides is 3. The van der Waals surface area contributed by atoms with Gasteiger partial charge in [-0.05, 0) is 22.0 Å². The molecule has 31 heavy (non-hydrogen) atoms. The molecule has 4 rings (SSSR count). The van der Waals surface area contributed by atoms with Gasteiger partial charge in [-0.25, -0.2) is 14.3 Å². The van der Waals surface area contributed by atoms with Crippen molar-refractivity contribution in [1.82, 2.24) is 24.1 Å². The second-order valence-electron chi connectivity index (χ2n) is 6.46. The quantitative estimate of drug-likeness (QED) is 0.374. The van der Waals surface area contributed by atoms with E-state index in [0.29, 0.717) is 16.3 Å². The van der Waals surface area contributed by atoms with Crippen molar-refractivity contribution in [1.29, 1.82) is 0 Å². The number of aromatic amines is 1. The number of aryl methyl sites for hydroxylation is 1. The molecule has 3 aromatic heterocycles. The van der Waals surface area contributed by atoms with Crippen LogP contribution in [0.3, 0.4) is 0 Å². The van der Waals surface area contributed by atoms with E-state index >= 15 is 0 Å². The molecule has 0 spiro atoms. The van der Waals surface area contributed by atoms with E-state index < -0.39 is 33.9 Å². The largest absolute Gasteiger partial charge is 0.437 e. The number of rotatable bonds is 4. The van der Waals surface area contributed by atoms with Gasteiger partial charge in [0.1, 0.15) is 11.6 Å². The minimum atomic E-state index is -4.46. The first-order valence-electron chi connectivity index (χ1n) is 8.52. The van der Waals surface area contributed by atoms with Gasteiger partial charge in [0.2, 0.25) is 5.52 Å². The number of imidazole rings is 1. The number of halogens is 3. The van der Waals surface area contributed by atoms with Gasteiger partial charge in [0.25, 0.3) is 11.2 Å². The maximum Gasteiger partial charge on any atom is 0.437 e. The molecule has 1 N–H and O–H groups in total. The summed E-state index contributed by atoms with van der Waals surface area (Å²) in [6.45, 7) is -0.203. The van der Waals surface area contributed by atoms with Gasteiger partial charge in [-0.2, -0.15) is 13.2 Å². The molecule has 3 heterocycles. The molecule has 0 fully saturated rings. The number of H-pyrrole nitrogens is 1. The highest BCUT2D eigenvalue weighted by Gasteiger charge is 2.30. The van der Waals surface area contributed by atoms with E-state index in [1.807, 2.05) is 0 Å². The second kappa shape index (κ2) is 7.16. The minimum Gasteiger partial charge on any atom is -0.390 e. The fourth-order valence-corrected chi connectivity index (χ4v) is 3.81. The fourth-order valence-electron chi connectivity index (χ4n) is 2.99. The van der Waals surface area contributed by atoms with Crippen molar-refractivity contribution in [3.05, 3.63) is 71.9 Å². The van der Waals surface area contributed by atoms with Crippen LogP contribution in [0.5, 0.6) is 0 Å². The monoisotopic (exact) mass is 452 g/mol. The first kappa shape index (κ1) is 20.5. The van der Waals surface area contributed by atoms with Crippen LogP contribution >= 0.6 is 11.3 Å². The highest BCUT2D eigenvalue weighted by Crippen LogP contribution is 2.32. The number of nitrogens with zero attached hydrogens (tertiary/aromatic N) is 5. The molecular weight excluding hydrogens is 441 g/mol. The van der Waals surface area contributed by atoms with Crippen LogP contribution in [0, 0.1) is 10.1 Å². The lowest BCUT2D eigenvalue weighted by atomic mass is 10.1. The summed E-state index contributed by atoms with van der Waals surface area (Å²) in [6, 6.07) is 4.43. The molecule has 1 aromatic carbocycles. The van der Waals surface area contributed by atoms with E-state index in [1.165, 1.54) is 19.2 Å². The normalized spacial score (nSPS) is 11.9. The molecule has 0 saturated carbocycles. The van der Waals surface area contributed by atoms with E-state index in [2.05, 4.69) is 15.0 Å². The van der Waals surface area contributed by atoms with Gasteiger partial charge in [-0.15, -0.1) is 11.3 Å². The number of hydrogen-bond donors (Lipinski definition) is 1. The zero-order valence-corrected chi connectivity index (χ0v) is 16.3. The molecule has 0 aliphatic carbocycles. The number of nitro groups is 1. The third kappa shape index (κ3) is 3.61. The Morgan fingerprint density at radius 1 is 1.19 bits per heavy atom. The maximum absolute atomic E-state index is 12.7. The molecule has 0 radical (unpaired) electrons. The summed E-state index contributed by atoms with van der Waals surface area (Å²) in [5.41, 5.74) is -1.95. The minimum absolute atomic E-state index is 0.154. The standard InChI is InChI=1S/C17H11F3N6O4S/c1-24-12-11(13(27)23-16(24)28)25(15(22-12)26(29)30)6-10-7-31-14(21-10)8-2-4-9(5-3-8)17(18,19)20/h2-5,7H,6H2,1H3,(H,23,27,28). The lowest BCUT2D eigenvalue weighted by Crippen LogP contribution is -2.29. The number of hydrogen-bond acceptors (Lipinski definition) is 7. The maximum atomic E-state index is 12.7. The van der Waals surface area contributed by atoms with Gasteiger partial charge in [0, 0.05) is 18.0 Å². The Morgan fingerprint density at radius 3 is 2.48 bits per heavy atom. The van der Waals surface area contributed by atoms with Gasteiger partial charge in [-0.1, -0.05) is 12.1 Å². The third-order valence-electron chi connectivity index (χ3n) is 4.48. The van der Waals surface area contributed by atoms with Crippen LogP contribution in [0.25, 0.3) is 21.7 Å². The number of benzene rings is 1. The summed E-state index contributed by atoms with van der Waals surface area (Å²) in [4.78, 5) is 44.9. The summed E-state index contributed by atoms with van der Waals surface area (Å²) in [5, 5.41) is 13.4. The lowest BCUT2D eigenvalue weighted by molar-refractivity contribution is -0.396. The summed E-state index contributed by atoms with van der Waals surface area (Å²) in [7, 11) is 1.31. The van der Waals surface area contributed by atoms with E-state index in [9.17, 15) is 32.9 Å². The van der Waals surface area contributed by atoms with E-state index in [4.69, 9.17) is 0 Å². The number of nitrogens with one attached hydrogen (secondary N) is 1. The number of aromatic nitrogens is 5. The topological polar surface area (TPSA) is 129 Å². The molecule has 10 nitrogen and oxygen atoms in total. The predicted molar refractivity (Wildman–Crippen MR) is 104 cm³/mol. The SMILES string of the molecule is Cn1c(=O)[nH]c(=O)c2c1nc([N+](=O)[O-])n2Cc1csc(-c2ccc(C(F)(F)F)cc2)n1. The van der Waals surface area contributed by atoms with E-state index in [0.717, 1.165) is 32.6 Å². The molecular formula is C17H11F3N6O4S. The van der Waals surface area contributed by atoms with Crippen molar-refractivity contribution in [2.75, 3.05) is 0 Å². The Hall–Kier alpha value is -3.81. The van der Waals surface area contributed by atoms with Crippen molar-refractivity contribution in [3.8, 4) is 10.6 Å². The number of thiazole rings is 1. The molecule has 0 aliphatic heterocycles. The summed E-state index contributed by atoms with van der Waals surface area (Å²) < 4.78 is 40.2. The van der Waals surface area contributed by atoms with Crippen LogP contribution in [0.15, 0.2) is 39.2 Å². The first-order valence-corrected chi connectivity index (χ1v) is 9.40. The van der Waals surface area contributed by atoms with Crippen LogP contribution in [-0.2, 0) is 19.8 Å². The summed E-state index contributed by atoms with van der Waals surface area (Å²) in [6.07, 6.45) is -4.46.